The molecule has 0 aliphatic carbocycles. The van der Waals surface area contributed by atoms with Gasteiger partial charge in [0, 0.05) is 32.8 Å². The van der Waals surface area contributed by atoms with Crippen molar-refractivity contribution in [3.63, 3.8) is 0 Å². The number of aromatic nitrogens is 1. The summed E-state index contributed by atoms with van der Waals surface area (Å²) in [5.41, 5.74) is 6.63. The number of hydrogen-bond donors (Lipinski definition) is 0. The van der Waals surface area contributed by atoms with Crippen LogP contribution in [0.25, 0.3) is 71.3 Å². The second-order valence-electron chi connectivity index (χ2n) is 10.2. The first-order valence-electron chi connectivity index (χ1n) is 15.4. The van der Waals surface area contributed by atoms with Crippen LogP contribution in [0.15, 0.2) is 139 Å². The largest absolute Gasteiger partial charge is 0.456 e. The first-order chi connectivity index (χ1) is 21.5. The van der Waals surface area contributed by atoms with Crippen molar-refractivity contribution in [2.75, 3.05) is 0 Å². The first-order valence-corrected chi connectivity index (χ1v) is 13.4. The molecule has 1 aliphatic heterocycles. The lowest BCUT2D eigenvalue weighted by Crippen LogP contribution is -1.97. The lowest BCUT2D eigenvalue weighted by atomic mass is 9.89. The molecule has 0 saturated heterocycles. The summed E-state index contributed by atoms with van der Waals surface area (Å²) in [6.07, 6.45) is 0. The van der Waals surface area contributed by atoms with Gasteiger partial charge in [-0.25, -0.2) is 0 Å². The van der Waals surface area contributed by atoms with E-state index in [9.17, 15) is 0 Å². The summed E-state index contributed by atoms with van der Waals surface area (Å²) in [5.74, 6) is 0.755. The molecule has 0 N–H and O–H groups in total. The zero-order chi connectivity index (χ0) is 29.7. The Morgan fingerprint density at radius 1 is 0.500 bits per heavy atom. The van der Waals surface area contributed by atoms with Gasteiger partial charge in [0.25, 0.3) is 0 Å². The van der Waals surface area contributed by atoms with Gasteiger partial charge in [0.15, 0.2) is 0 Å². The van der Waals surface area contributed by atoms with Crippen LogP contribution in [0.2, 0.25) is 0 Å². The summed E-state index contributed by atoms with van der Waals surface area (Å²) >= 11 is 0. The zero-order valence-electron chi connectivity index (χ0n) is 25.3. The molecule has 0 radical (unpaired) electrons. The van der Waals surface area contributed by atoms with Crippen molar-refractivity contribution < 1.29 is 10.2 Å². The SMILES string of the molecule is [2H]c1c([2H])c([2H])c2c(c1[2H])Oc1ccc(-c3cccc4c3c3ccc5ccccc5c3n4-c3ccccc3)c3cccc-2c13. The minimum Gasteiger partial charge on any atom is -0.456 e. The highest BCUT2D eigenvalue weighted by Crippen LogP contribution is 2.50. The number of rotatable bonds is 2. The van der Waals surface area contributed by atoms with Gasteiger partial charge >= 0.3 is 0 Å². The molecule has 0 spiro atoms. The Hall–Kier alpha value is -5.34. The highest BCUT2D eigenvalue weighted by molar-refractivity contribution is 6.24. The molecule has 0 bridgehead atoms. The number of ether oxygens (including phenoxy) is 1. The van der Waals surface area contributed by atoms with Crippen LogP contribution in [-0.2, 0) is 0 Å². The molecule has 40 heavy (non-hydrogen) atoms. The standard InChI is InChI=1S/C38H23NO/c1-2-11-25(12-3-1)39-33-18-9-17-29(36(33)32-21-20-24-10-4-5-13-26(24)38(32)39)27-22-23-35-37-30(27)15-8-16-31(37)28-14-6-7-19-34(28)40-35/h1-23H/i6D,7D,14D,19D. The summed E-state index contributed by atoms with van der Waals surface area (Å²) in [5, 5.41) is 6.49. The summed E-state index contributed by atoms with van der Waals surface area (Å²) in [6.45, 7) is 0. The quantitative estimate of drug-likeness (QED) is 0.224. The molecule has 0 amide bonds. The lowest BCUT2D eigenvalue weighted by molar-refractivity contribution is 0.487. The van der Waals surface area contributed by atoms with Gasteiger partial charge in [-0.1, -0.05) is 109 Å². The minimum atomic E-state index is -0.296. The zero-order valence-corrected chi connectivity index (χ0v) is 21.3. The van der Waals surface area contributed by atoms with E-state index in [-0.39, 0.29) is 29.9 Å². The van der Waals surface area contributed by atoms with Crippen LogP contribution in [0.3, 0.4) is 0 Å². The Labute approximate surface area is 236 Å². The normalized spacial score (nSPS) is 13.6. The molecule has 2 heterocycles. The van der Waals surface area contributed by atoms with E-state index in [1.165, 1.54) is 10.8 Å². The van der Waals surface area contributed by atoms with Crippen molar-refractivity contribution in [1.29, 1.82) is 0 Å². The molecule has 0 saturated carbocycles. The van der Waals surface area contributed by atoms with Crippen molar-refractivity contribution >= 4 is 43.4 Å². The first kappa shape index (κ1) is 18.0. The summed E-state index contributed by atoms with van der Waals surface area (Å²) in [7, 11) is 0. The second kappa shape index (κ2) is 8.08. The van der Waals surface area contributed by atoms with Crippen molar-refractivity contribution in [3.05, 3.63) is 139 Å². The summed E-state index contributed by atoms with van der Waals surface area (Å²) in [6, 6.07) is 39.0. The Morgan fingerprint density at radius 2 is 1.27 bits per heavy atom. The maximum Gasteiger partial charge on any atom is 0.135 e. The number of para-hydroxylation sites is 2. The Kier molecular flexibility index (Phi) is 3.64. The predicted octanol–water partition coefficient (Wildman–Crippen LogP) is 10.5. The highest BCUT2D eigenvalue weighted by atomic mass is 16.5. The number of fused-ring (bicyclic) bond motifs is 7. The Morgan fingerprint density at radius 3 is 2.20 bits per heavy atom. The van der Waals surface area contributed by atoms with Crippen LogP contribution in [0.4, 0.5) is 0 Å². The average molecular weight is 514 g/mol. The third-order valence-corrected chi connectivity index (χ3v) is 8.12. The van der Waals surface area contributed by atoms with Crippen molar-refractivity contribution in [3.8, 4) is 39.4 Å². The molecule has 1 aromatic heterocycles. The third kappa shape index (κ3) is 2.88. The van der Waals surface area contributed by atoms with E-state index >= 15 is 0 Å². The maximum absolute atomic E-state index is 8.71. The van der Waals surface area contributed by atoms with E-state index in [1.54, 1.807) is 0 Å². The van der Waals surface area contributed by atoms with Gasteiger partial charge in [-0.3, -0.25) is 0 Å². The topological polar surface area (TPSA) is 14.2 Å². The molecule has 1 aliphatic rings. The van der Waals surface area contributed by atoms with Crippen LogP contribution in [0.1, 0.15) is 5.48 Å². The molecular weight excluding hydrogens is 486 g/mol. The van der Waals surface area contributed by atoms with Crippen LogP contribution in [-0.4, -0.2) is 4.57 Å². The monoisotopic (exact) mass is 513 g/mol. The van der Waals surface area contributed by atoms with Gasteiger partial charge in [-0.2, -0.15) is 0 Å². The average Bonchev–Trinajstić information content (AvgIpc) is 3.42. The molecule has 7 aromatic carbocycles. The maximum atomic E-state index is 8.71. The van der Waals surface area contributed by atoms with Gasteiger partial charge in [0.05, 0.1) is 16.5 Å². The van der Waals surface area contributed by atoms with Crippen LogP contribution in [0, 0.1) is 0 Å². The van der Waals surface area contributed by atoms with Crippen LogP contribution < -0.4 is 4.74 Å². The van der Waals surface area contributed by atoms with E-state index in [1.807, 2.05) is 24.3 Å². The number of nitrogens with zero attached hydrogens (tertiary/aromatic N) is 1. The summed E-state index contributed by atoms with van der Waals surface area (Å²) < 4.78 is 42.3. The fourth-order valence-corrected chi connectivity index (χ4v) is 6.48. The fourth-order valence-electron chi connectivity index (χ4n) is 6.48. The molecule has 8 aromatic rings. The third-order valence-electron chi connectivity index (χ3n) is 8.12. The van der Waals surface area contributed by atoms with Crippen molar-refractivity contribution in [1.82, 2.24) is 4.57 Å². The van der Waals surface area contributed by atoms with E-state index in [4.69, 9.17) is 10.2 Å². The van der Waals surface area contributed by atoms with Crippen molar-refractivity contribution in [2.45, 2.75) is 0 Å². The van der Waals surface area contributed by atoms with Gasteiger partial charge in [-0.15, -0.1) is 0 Å². The van der Waals surface area contributed by atoms with Crippen LogP contribution in [0.5, 0.6) is 11.5 Å². The molecule has 0 unspecified atom stereocenters. The molecule has 2 nitrogen and oxygen atoms in total. The molecule has 0 fully saturated rings. The second-order valence-corrected chi connectivity index (χ2v) is 10.2. The van der Waals surface area contributed by atoms with E-state index in [2.05, 4.69) is 95.6 Å². The molecule has 9 rings (SSSR count). The Balaban J connectivity index is 1.41. The number of hydrogen-bond acceptors (Lipinski definition) is 1. The van der Waals surface area contributed by atoms with Crippen LogP contribution >= 0.6 is 0 Å². The van der Waals surface area contributed by atoms with E-state index < -0.39 is 0 Å². The minimum absolute atomic E-state index is 0.0931. The van der Waals surface area contributed by atoms with Gasteiger partial charge in [0.2, 0.25) is 0 Å². The Bertz CT molecular complexity index is 2520. The molecular formula is C38H23NO. The fraction of sp³-hybridized carbons (Fsp3) is 0. The molecule has 2 heteroatoms. The molecule has 186 valence electrons. The number of benzene rings is 7. The highest BCUT2D eigenvalue weighted by Gasteiger charge is 2.23. The van der Waals surface area contributed by atoms with Gasteiger partial charge in [0.1, 0.15) is 11.5 Å². The van der Waals surface area contributed by atoms with Gasteiger partial charge < -0.3 is 9.30 Å². The van der Waals surface area contributed by atoms with E-state index in [0.717, 1.165) is 55.0 Å². The summed E-state index contributed by atoms with van der Waals surface area (Å²) in [4.78, 5) is 0. The predicted molar refractivity (Wildman–Crippen MR) is 167 cm³/mol. The van der Waals surface area contributed by atoms with Gasteiger partial charge in [-0.05, 0) is 57.8 Å². The van der Waals surface area contributed by atoms with Crippen molar-refractivity contribution in [2.24, 2.45) is 0 Å². The lowest BCUT2D eigenvalue weighted by Gasteiger charge is -2.22. The van der Waals surface area contributed by atoms with E-state index in [0.29, 0.717) is 11.3 Å². The molecule has 0 atom stereocenters. The smallest absolute Gasteiger partial charge is 0.135 e.